The van der Waals surface area contributed by atoms with Gasteiger partial charge < -0.3 is 10.2 Å². The molecule has 3 rings (SSSR count). The maximum atomic E-state index is 12.5. The molecule has 1 saturated carbocycles. The van der Waals surface area contributed by atoms with Crippen LogP contribution in [-0.2, 0) is 9.59 Å². The van der Waals surface area contributed by atoms with Crippen LogP contribution in [0.4, 0.5) is 5.69 Å². The Labute approximate surface area is 131 Å². The van der Waals surface area contributed by atoms with Gasteiger partial charge in [-0.3, -0.25) is 9.59 Å². The van der Waals surface area contributed by atoms with E-state index in [1.807, 2.05) is 36.1 Å². The van der Waals surface area contributed by atoms with Crippen LogP contribution in [0.2, 0.25) is 0 Å². The molecule has 4 heteroatoms. The van der Waals surface area contributed by atoms with Gasteiger partial charge in [-0.05, 0) is 44.2 Å². The highest BCUT2D eigenvalue weighted by molar-refractivity contribution is 5.99. The van der Waals surface area contributed by atoms with Crippen LogP contribution in [-0.4, -0.2) is 29.8 Å². The Balaban J connectivity index is 1.53. The third-order valence-corrected chi connectivity index (χ3v) is 4.73. The second kappa shape index (κ2) is 6.11. The number of rotatable bonds is 3. The van der Waals surface area contributed by atoms with Gasteiger partial charge in [0.25, 0.3) is 0 Å². The van der Waals surface area contributed by atoms with E-state index in [1.54, 1.807) is 0 Å². The van der Waals surface area contributed by atoms with Gasteiger partial charge in [-0.2, -0.15) is 0 Å². The number of amides is 2. The van der Waals surface area contributed by atoms with Gasteiger partial charge in [0, 0.05) is 18.8 Å². The van der Waals surface area contributed by atoms with Gasteiger partial charge >= 0.3 is 0 Å². The Bertz CT molecular complexity index is 567. The molecule has 0 radical (unpaired) electrons. The van der Waals surface area contributed by atoms with Crippen LogP contribution in [0.1, 0.15) is 31.7 Å². The monoisotopic (exact) mass is 300 g/mol. The number of anilines is 1. The van der Waals surface area contributed by atoms with Gasteiger partial charge in [0.2, 0.25) is 11.8 Å². The molecule has 0 aromatic heterocycles. The largest absolute Gasteiger partial charge is 0.342 e. The summed E-state index contributed by atoms with van der Waals surface area (Å²) in [6.45, 7) is 5.91. The van der Waals surface area contributed by atoms with E-state index in [2.05, 4.69) is 12.2 Å². The fourth-order valence-corrected chi connectivity index (χ4v) is 3.25. The quantitative estimate of drug-likeness (QED) is 0.933. The number of aryl methyl sites for hydroxylation is 1. The molecule has 0 bridgehead atoms. The van der Waals surface area contributed by atoms with E-state index in [-0.39, 0.29) is 23.7 Å². The molecule has 3 unspecified atom stereocenters. The lowest BCUT2D eigenvalue weighted by Gasteiger charge is -2.31. The number of likely N-dealkylation sites (tertiary alicyclic amines) is 1. The molecule has 1 aliphatic carbocycles. The van der Waals surface area contributed by atoms with Crippen molar-refractivity contribution in [3.63, 3.8) is 0 Å². The minimum atomic E-state index is -0.147. The highest BCUT2D eigenvalue weighted by Gasteiger charge is 2.49. The molecule has 2 aliphatic rings. The Morgan fingerprint density at radius 3 is 2.59 bits per heavy atom. The van der Waals surface area contributed by atoms with E-state index < -0.39 is 0 Å². The van der Waals surface area contributed by atoms with Gasteiger partial charge in [0.15, 0.2) is 0 Å². The van der Waals surface area contributed by atoms with Crippen LogP contribution < -0.4 is 5.32 Å². The maximum Gasteiger partial charge on any atom is 0.228 e. The van der Waals surface area contributed by atoms with Gasteiger partial charge in [-0.1, -0.05) is 24.6 Å². The first-order valence-corrected chi connectivity index (χ1v) is 8.21. The van der Waals surface area contributed by atoms with E-state index in [0.29, 0.717) is 12.3 Å². The second-order valence-corrected chi connectivity index (χ2v) is 6.84. The maximum absolute atomic E-state index is 12.5. The van der Waals surface area contributed by atoms with Crippen molar-refractivity contribution in [3.8, 4) is 0 Å². The number of nitrogens with one attached hydrogen (secondary N) is 1. The van der Waals surface area contributed by atoms with Gasteiger partial charge in [-0.15, -0.1) is 0 Å². The molecular formula is C18H24N2O2. The van der Waals surface area contributed by atoms with E-state index in [4.69, 9.17) is 0 Å². The van der Waals surface area contributed by atoms with Gasteiger partial charge in [0.05, 0.1) is 11.8 Å². The summed E-state index contributed by atoms with van der Waals surface area (Å²) in [4.78, 5) is 26.7. The van der Waals surface area contributed by atoms with Crippen LogP contribution in [0, 0.1) is 24.7 Å². The summed E-state index contributed by atoms with van der Waals surface area (Å²) < 4.78 is 0. The van der Waals surface area contributed by atoms with Crippen molar-refractivity contribution in [1.82, 2.24) is 4.90 Å². The molecule has 22 heavy (non-hydrogen) atoms. The fraction of sp³-hybridized carbons (Fsp3) is 0.556. The number of carbonyl (C=O) groups excluding carboxylic acids is 2. The zero-order valence-corrected chi connectivity index (χ0v) is 13.3. The van der Waals surface area contributed by atoms with Crippen molar-refractivity contribution < 1.29 is 9.59 Å². The molecule has 1 aromatic rings. The zero-order valence-electron chi connectivity index (χ0n) is 13.3. The average molecular weight is 300 g/mol. The number of nitrogens with zero attached hydrogens (tertiary/aromatic N) is 1. The average Bonchev–Trinajstić information content (AvgIpc) is 3.29. The summed E-state index contributed by atoms with van der Waals surface area (Å²) in [7, 11) is 0. The van der Waals surface area contributed by atoms with Crippen LogP contribution in [0.25, 0.3) is 0 Å². The second-order valence-electron chi connectivity index (χ2n) is 6.84. The fourth-order valence-electron chi connectivity index (χ4n) is 3.25. The number of hydrogen-bond donors (Lipinski definition) is 1. The highest BCUT2D eigenvalue weighted by Crippen LogP contribution is 2.41. The summed E-state index contributed by atoms with van der Waals surface area (Å²) in [5, 5.41) is 2.92. The summed E-state index contributed by atoms with van der Waals surface area (Å²) >= 11 is 0. The lowest BCUT2D eigenvalue weighted by atomic mass is 10.00. The van der Waals surface area contributed by atoms with Crippen molar-refractivity contribution >= 4 is 17.5 Å². The number of benzene rings is 1. The normalized spacial score (nSPS) is 27.4. The van der Waals surface area contributed by atoms with E-state index in [9.17, 15) is 9.59 Å². The Morgan fingerprint density at radius 1 is 1.18 bits per heavy atom. The predicted molar refractivity (Wildman–Crippen MR) is 86.4 cm³/mol. The Kier molecular flexibility index (Phi) is 4.19. The first-order valence-electron chi connectivity index (χ1n) is 8.21. The Morgan fingerprint density at radius 2 is 1.91 bits per heavy atom. The molecule has 1 aromatic carbocycles. The molecule has 2 fully saturated rings. The summed E-state index contributed by atoms with van der Waals surface area (Å²) in [5.41, 5.74) is 1.97. The van der Waals surface area contributed by atoms with Crippen molar-refractivity contribution in [3.05, 3.63) is 29.8 Å². The molecule has 0 spiro atoms. The van der Waals surface area contributed by atoms with E-state index in [0.717, 1.165) is 30.8 Å². The van der Waals surface area contributed by atoms with E-state index >= 15 is 0 Å². The van der Waals surface area contributed by atoms with Gasteiger partial charge in [-0.25, -0.2) is 0 Å². The first kappa shape index (κ1) is 15.1. The number of piperidine rings is 1. The van der Waals surface area contributed by atoms with Crippen molar-refractivity contribution in [2.24, 2.45) is 17.8 Å². The third kappa shape index (κ3) is 3.32. The molecule has 2 amide bonds. The number of carbonyl (C=O) groups is 2. The topological polar surface area (TPSA) is 49.4 Å². The molecule has 3 atom stereocenters. The minimum Gasteiger partial charge on any atom is -0.342 e. The summed E-state index contributed by atoms with van der Waals surface area (Å²) in [6, 6.07) is 7.75. The Hall–Kier alpha value is -1.84. The summed E-state index contributed by atoms with van der Waals surface area (Å²) in [6.07, 6.45) is 2.98. The number of hydrogen-bond acceptors (Lipinski definition) is 2. The van der Waals surface area contributed by atoms with Crippen molar-refractivity contribution in [2.45, 2.75) is 33.1 Å². The van der Waals surface area contributed by atoms with Gasteiger partial charge in [0.1, 0.15) is 0 Å². The van der Waals surface area contributed by atoms with Crippen LogP contribution >= 0.6 is 0 Å². The standard InChI is InChI=1S/C18H24N2O2/c1-12-5-7-14(8-6-12)19-17(21)15-10-16(15)18(22)20-9-3-4-13(2)11-20/h5-8,13,15-16H,3-4,9-11H2,1-2H3,(H,19,21). The molecule has 1 heterocycles. The van der Waals surface area contributed by atoms with Crippen LogP contribution in [0.15, 0.2) is 24.3 Å². The van der Waals surface area contributed by atoms with Crippen LogP contribution in [0.5, 0.6) is 0 Å². The highest BCUT2D eigenvalue weighted by atomic mass is 16.2. The van der Waals surface area contributed by atoms with Crippen molar-refractivity contribution in [1.29, 1.82) is 0 Å². The summed E-state index contributed by atoms with van der Waals surface area (Å²) in [5.74, 6) is 0.487. The first-order chi connectivity index (χ1) is 10.5. The predicted octanol–water partition coefficient (Wildman–Crippen LogP) is 2.83. The molecular weight excluding hydrogens is 276 g/mol. The molecule has 1 saturated heterocycles. The lowest BCUT2D eigenvalue weighted by Crippen LogP contribution is -2.40. The molecule has 118 valence electrons. The van der Waals surface area contributed by atoms with Crippen molar-refractivity contribution in [2.75, 3.05) is 18.4 Å². The van der Waals surface area contributed by atoms with Crippen LogP contribution in [0.3, 0.4) is 0 Å². The third-order valence-electron chi connectivity index (χ3n) is 4.73. The molecule has 1 aliphatic heterocycles. The SMILES string of the molecule is Cc1ccc(NC(=O)C2CC2C(=O)N2CCCC(C)C2)cc1. The minimum absolute atomic E-state index is 0.0211. The molecule has 1 N–H and O–H groups in total. The lowest BCUT2D eigenvalue weighted by molar-refractivity contribution is -0.135. The van der Waals surface area contributed by atoms with E-state index in [1.165, 1.54) is 6.42 Å². The molecule has 4 nitrogen and oxygen atoms in total. The zero-order chi connectivity index (χ0) is 15.7. The smallest absolute Gasteiger partial charge is 0.228 e.